The quantitative estimate of drug-likeness (QED) is 0.592. The van der Waals surface area contributed by atoms with Crippen molar-refractivity contribution in [3.8, 4) is 22.1 Å². The van der Waals surface area contributed by atoms with Gasteiger partial charge in [0, 0.05) is 29.4 Å². The molecule has 0 saturated heterocycles. The van der Waals surface area contributed by atoms with Crippen molar-refractivity contribution >= 4 is 28.9 Å². The fourth-order valence-electron chi connectivity index (χ4n) is 2.56. The molecule has 0 aliphatic carbocycles. The Morgan fingerprint density at radius 2 is 1.69 bits per heavy atom. The van der Waals surface area contributed by atoms with Crippen molar-refractivity contribution in [1.82, 2.24) is 4.98 Å². The summed E-state index contributed by atoms with van der Waals surface area (Å²) in [4.78, 5) is 29.4. The Hall–Kier alpha value is -3.39. The molecule has 1 N–H and O–H groups in total. The maximum atomic E-state index is 12.4. The molecule has 0 fully saturated rings. The summed E-state index contributed by atoms with van der Waals surface area (Å²) >= 11 is 1.24. The molecular weight excluding hydrogens is 392 g/mol. The second kappa shape index (κ2) is 9.20. The first-order chi connectivity index (χ1) is 14.0. The standard InChI is InChI=1S/C21H20N2O5S/c1-13-19(29-20(22-13)14-7-5-4-6-8-14)21(25)28-12-18(24)23-15-9-16(26-2)11-17(10-15)27-3/h4-11H,12H2,1-3H3,(H,23,24). The number of thiazole rings is 1. The monoisotopic (exact) mass is 412 g/mol. The van der Waals surface area contributed by atoms with Crippen molar-refractivity contribution in [1.29, 1.82) is 0 Å². The van der Waals surface area contributed by atoms with Crippen LogP contribution in [0.4, 0.5) is 5.69 Å². The molecule has 1 aromatic heterocycles. The van der Waals surface area contributed by atoms with E-state index in [0.29, 0.717) is 27.8 Å². The van der Waals surface area contributed by atoms with Gasteiger partial charge in [-0.25, -0.2) is 9.78 Å². The Kier molecular flexibility index (Phi) is 6.46. The van der Waals surface area contributed by atoms with E-state index in [-0.39, 0.29) is 0 Å². The summed E-state index contributed by atoms with van der Waals surface area (Å²) in [6, 6.07) is 14.5. The molecule has 0 spiro atoms. The highest BCUT2D eigenvalue weighted by Gasteiger charge is 2.19. The molecule has 0 unspecified atom stereocenters. The number of nitrogens with zero attached hydrogens (tertiary/aromatic N) is 1. The smallest absolute Gasteiger partial charge is 0.350 e. The van der Waals surface area contributed by atoms with Crippen LogP contribution in [0, 0.1) is 6.92 Å². The van der Waals surface area contributed by atoms with Crippen molar-refractivity contribution in [3.05, 3.63) is 59.1 Å². The van der Waals surface area contributed by atoms with E-state index in [1.165, 1.54) is 25.6 Å². The van der Waals surface area contributed by atoms with Crippen LogP contribution in [0.2, 0.25) is 0 Å². The molecule has 0 bridgehead atoms. The molecule has 2 aromatic carbocycles. The van der Waals surface area contributed by atoms with E-state index in [0.717, 1.165) is 10.6 Å². The number of nitrogens with one attached hydrogen (secondary N) is 1. The van der Waals surface area contributed by atoms with Gasteiger partial charge in [-0.2, -0.15) is 0 Å². The van der Waals surface area contributed by atoms with Gasteiger partial charge < -0.3 is 19.5 Å². The van der Waals surface area contributed by atoms with Gasteiger partial charge in [0.25, 0.3) is 5.91 Å². The molecule has 0 saturated carbocycles. The molecule has 0 atom stereocenters. The highest BCUT2D eigenvalue weighted by Crippen LogP contribution is 2.28. The van der Waals surface area contributed by atoms with Crippen LogP contribution >= 0.6 is 11.3 Å². The van der Waals surface area contributed by atoms with Crippen molar-refractivity contribution < 1.29 is 23.8 Å². The van der Waals surface area contributed by atoms with Gasteiger partial charge in [-0.1, -0.05) is 30.3 Å². The third-order valence-electron chi connectivity index (χ3n) is 3.97. The molecule has 3 aromatic rings. The van der Waals surface area contributed by atoms with E-state index in [9.17, 15) is 9.59 Å². The van der Waals surface area contributed by atoms with E-state index >= 15 is 0 Å². The van der Waals surface area contributed by atoms with Crippen molar-refractivity contribution in [2.75, 3.05) is 26.1 Å². The average Bonchev–Trinajstić information content (AvgIpc) is 3.14. The summed E-state index contributed by atoms with van der Waals surface area (Å²) in [7, 11) is 3.03. The molecule has 0 aliphatic heterocycles. The Morgan fingerprint density at radius 1 is 1.03 bits per heavy atom. The average molecular weight is 412 g/mol. The number of aryl methyl sites for hydroxylation is 1. The van der Waals surface area contributed by atoms with Gasteiger partial charge in [0.15, 0.2) is 6.61 Å². The number of methoxy groups -OCH3 is 2. The third kappa shape index (κ3) is 5.11. The summed E-state index contributed by atoms with van der Waals surface area (Å²) in [6.45, 7) is 1.32. The second-order valence-corrected chi connectivity index (χ2v) is 7.02. The molecule has 7 nitrogen and oxygen atoms in total. The Balaban J connectivity index is 1.62. The lowest BCUT2D eigenvalue weighted by atomic mass is 10.2. The number of rotatable bonds is 7. The summed E-state index contributed by atoms with van der Waals surface area (Å²) < 4.78 is 15.5. The second-order valence-electron chi connectivity index (χ2n) is 6.03. The molecule has 8 heteroatoms. The third-order valence-corrected chi connectivity index (χ3v) is 5.16. The van der Waals surface area contributed by atoms with Crippen molar-refractivity contribution in [2.24, 2.45) is 0 Å². The van der Waals surface area contributed by atoms with Crippen LogP contribution in [0.15, 0.2) is 48.5 Å². The number of amides is 1. The first-order valence-electron chi connectivity index (χ1n) is 8.73. The van der Waals surface area contributed by atoms with Crippen LogP contribution < -0.4 is 14.8 Å². The van der Waals surface area contributed by atoms with Crippen LogP contribution in [0.1, 0.15) is 15.4 Å². The van der Waals surface area contributed by atoms with Gasteiger partial charge in [0.1, 0.15) is 21.4 Å². The van der Waals surface area contributed by atoms with Crippen molar-refractivity contribution in [3.63, 3.8) is 0 Å². The van der Waals surface area contributed by atoms with Gasteiger partial charge in [-0.3, -0.25) is 4.79 Å². The number of carbonyl (C=O) groups is 2. The number of ether oxygens (including phenoxy) is 3. The Bertz CT molecular complexity index is 995. The fourth-order valence-corrected chi connectivity index (χ4v) is 3.53. The minimum absolute atomic E-state index is 0.375. The first-order valence-corrected chi connectivity index (χ1v) is 9.54. The number of hydrogen-bond acceptors (Lipinski definition) is 7. The Morgan fingerprint density at radius 3 is 2.31 bits per heavy atom. The lowest BCUT2D eigenvalue weighted by molar-refractivity contribution is -0.119. The van der Waals surface area contributed by atoms with Crippen LogP contribution in [0.25, 0.3) is 10.6 Å². The minimum Gasteiger partial charge on any atom is -0.497 e. The molecular formula is C21H20N2O5S. The van der Waals surface area contributed by atoms with Gasteiger partial charge >= 0.3 is 5.97 Å². The van der Waals surface area contributed by atoms with Crippen LogP contribution in [0.3, 0.4) is 0 Å². The van der Waals surface area contributed by atoms with Gasteiger partial charge in [-0.05, 0) is 6.92 Å². The summed E-state index contributed by atoms with van der Waals surface area (Å²) in [5, 5.41) is 3.38. The van der Waals surface area contributed by atoms with Crippen LogP contribution in [-0.4, -0.2) is 37.7 Å². The summed E-state index contributed by atoms with van der Waals surface area (Å²) in [5.74, 6) is 0.00963. The topological polar surface area (TPSA) is 86.8 Å². The maximum absolute atomic E-state index is 12.4. The first kappa shape index (κ1) is 20.3. The van der Waals surface area contributed by atoms with Gasteiger partial charge in [-0.15, -0.1) is 11.3 Å². The molecule has 1 heterocycles. The normalized spacial score (nSPS) is 10.3. The molecule has 29 heavy (non-hydrogen) atoms. The van der Waals surface area contributed by atoms with Crippen molar-refractivity contribution in [2.45, 2.75) is 6.92 Å². The van der Waals surface area contributed by atoms with E-state index in [1.807, 2.05) is 30.3 Å². The minimum atomic E-state index is -0.583. The van der Waals surface area contributed by atoms with Crippen LogP contribution in [-0.2, 0) is 9.53 Å². The Labute approximate surface area is 172 Å². The number of anilines is 1. The molecule has 3 rings (SSSR count). The lowest BCUT2D eigenvalue weighted by Crippen LogP contribution is -2.21. The summed E-state index contributed by atoms with van der Waals surface area (Å²) in [6.07, 6.45) is 0. The van der Waals surface area contributed by atoms with Gasteiger partial charge in [0.05, 0.1) is 19.9 Å². The predicted molar refractivity (Wildman–Crippen MR) is 111 cm³/mol. The maximum Gasteiger partial charge on any atom is 0.350 e. The zero-order valence-corrected chi connectivity index (χ0v) is 17.0. The molecule has 0 radical (unpaired) electrons. The number of esters is 1. The van der Waals surface area contributed by atoms with E-state index in [4.69, 9.17) is 14.2 Å². The zero-order valence-electron chi connectivity index (χ0n) is 16.2. The number of benzene rings is 2. The molecule has 0 aliphatic rings. The van der Waals surface area contributed by atoms with E-state index < -0.39 is 18.5 Å². The van der Waals surface area contributed by atoms with E-state index in [2.05, 4.69) is 10.3 Å². The largest absolute Gasteiger partial charge is 0.497 e. The lowest BCUT2D eigenvalue weighted by Gasteiger charge is -2.10. The number of carbonyl (C=O) groups excluding carboxylic acids is 2. The van der Waals surface area contributed by atoms with Gasteiger partial charge in [0.2, 0.25) is 0 Å². The fraction of sp³-hybridized carbons (Fsp3) is 0.190. The molecule has 1 amide bonds. The van der Waals surface area contributed by atoms with Crippen LogP contribution in [0.5, 0.6) is 11.5 Å². The summed E-state index contributed by atoms with van der Waals surface area (Å²) in [5.41, 5.74) is 1.96. The highest BCUT2D eigenvalue weighted by molar-refractivity contribution is 7.17. The molecule has 150 valence electrons. The highest BCUT2D eigenvalue weighted by atomic mass is 32.1. The predicted octanol–water partition coefficient (Wildman–Crippen LogP) is 3.93. The van der Waals surface area contributed by atoms with E-state index in [1.54, 1.807) is 25.1 Å². The zero-order chi connectivity index (χ0) is 20.8. The number of hydrogen-bond donors (Lipinski definition) is 1. The SMILES string of the molecule is COc1cc(NC(=O)COC(=O)c2sc(-c3ccccc3)nc2C)cc(OC)c1. The number of aromatic nitrogens is 1.